The lowest BCUT2D eigenvalue weighted by Crippen LogP contribution is -2.30. The normalized spacial score (nSPS) is 13.7. The van der Waals surface area contributed by atoms with Gasteiger partial charge in [0.25, 0.3) is 5.91 Å². The molecule has 0 spiro atoms. The van der Waals surface area contributed by atoms with Crippen molar-refractivity contribution in [2.24, 2.45) is 0 Å². The zero-order valence-electron chi connectivity index (χ0n) is 14.5. The first kappa shape index (κ1) is 15.7. The molecule has 3 aromatic carbocycles. The first-order valence-corrected chi connectivity index (χ1v) is 8.70. The van der Waals surface area contributed by atoms with Crippen molar-refractivity contribution in [3.8, 4) is 5.75 Å². The number of nitrogens with one attached hydrogen (secondary N) is 1. The summed E-state index contributed by atoms with van der Waals surface area (Å²) in [5.74, 6) is 0.604. The van der Waals surface area contributed by atoms with E-state index in [9.17, 15) is 4.79 Å². The molecule has 0 saturated heterocycles. The van der Waals surface area contributed by atoms with E-state index >= 15 is 0 Å². The molecule has 126 valence electrons. The Bertz CT molecular complexity index is 951. The molecule has 0 aliphatic heterocycles. The Morgan fingerprint density at radius 2 is 1.76 bits per heavy atom. The molecule has 1 atom stereocenters. The van der Waals surface area contributed by atoms with Crippen LogP contribution in [-0.4, -0.2) is 12.0 Å². The highest BCUT2D eigenvalue weighted by Gasteiger charge is 2.19. The van der Waals surface area contributed by atoms with Gasteiger partial charge in [0, 0.05) is 11.1 Å². The van der Waals surface area contributed by atoms with E-state index in [4.69, 9.17) is 4.74 Å². The maximum atomic E-state index is 12.6. The molecule has 1 aliphatic rings. The van der Waals surface area contributed by atoms with Crippen LogP contribution >= 0.6 is 0 Å². The van der Waals surface area contributed by atoms with Gasteiger partial charge in [-0.15, -0.1) is 0 Å². The van der Waals surface area contributed by atoms with Crippen LogP contribution in [0.25, 0.3) is 10.8 Å². The lowest BCUT2D eigenvalue weighted by molar-refractivity contribution is -0.122. The van der Waals surface area contributed by atoms with Crippen LogP contribution in [0.1, 0.15) is 23.6 Å². The smallest absolute Gasteiger partial charge is 0.265 e. The monoisotopic (exact) mass is 331 g/mol. The second-order valence-electron chi connectivity index (χ2n) is 6.63. The van der Waals surface area contributed by atoms with Gasteiger partial charge in [-0.05, 0) is 60.9 Å². The molecule has 25 heavy (non-hydrogen) atoms. The first-order valence-electron chi connectivity index (χ1n) is 8.70. The number of carbonyl (C=O) groups excluding carboxylic acids is 1. The van der Waals surface area contributed by atoms with E-state index in [1.165, 1.54) is 16.5 Å². The molecule has 0 aromatic heterocycles. The zero-order chi connectivity index (χ0) is 17.4. The third kappa shape index (κ3) is 2.86. The third-order valence-electron chi connectivity index (χ3n) is 4.90. The quantitative estimate of drug-likeness (QED) is 0.755. The summed E-state index contributed by atoms with van der Waals surface area (Å²) in [5.41, 5.74) is 4.61. The van der Waals surface area contributed by atoms with Gasteiger partial charge in [-0.2, -0.15) is 0 Å². The number of hydrogen-bond donors (Lipinski definition) is 1. The highest BCUT2D eigenvalue weighted by atomic mass is 16.5. The van der Waals surface area contributed by atoms with Gasteiger partial charge in [0.1, 0.15) is 5.75 Å². The van der Waals surface area contributed by atoms with Crippen molar-refractivity contribution in [2.45, 2.75) is 32.8 Å². The molecular weight excluding hydrogens is 310 g/mol. The number of aryl methyl sites for hydroxylation is 3. The summed E-state index contributed by atoms with van der Waals surface area (Å²) in [6, 6.07) is 18.2. The number of carbonyl (C=O) groups is 1. The Balaban J connectivity index is 1.57. The van der Waals surface area contributed by atoms with Crippen LogP contribution in [0.2, 0.25) is 0 Å². The van der Waals surface area contributed by atoms with Crippen molar-refractivity contribution in [3.05, 3.63) is 71.3 Å². The van der Waals surface area contributed by atoms with E-state index in [2.05, 4.69) is 29.6 Å². The average Bonchev–Trinajstić information content (AvgIpc) is 3.04. The molecule has 3 nitrogen and oxygen atoms in total. The van der Waals surface area contributed by atoms with Crippen LogP contribution in [0.4, 0.5) is 5.69 Å². The van der Waals surface area contributed by atoms with Crippen molar-refractivity contribution >= 4 is 22.4 Å². The van der Waals surface area contributed by atoms with Gasteiger partial charge in [-0.3, -0.25) is 4.79 Å². The number of anilines is 1. The zero-order valence-corrected chi connectivity index (χ0v) is 14.5. The van der Waals surface area contributed by atoms with Gasteiger partial charge in [0.15, 0.2) is 6.10 Å². The van der Waals surface area contributed by atoms with Crippen molar-refractivity contribution < 1.29 is 9.53 Å². The summed E-state index contributed by atoms with van der Waals surface area (Å²) in [6.07, 6.45) is 1.59. The summed E-state index contributed by atoms with van der Waals surface area (Å²) in [5, 5.41) is 5.46. The standard InChI is InChI=1S/C22H21NO2/c1-14-6-3-4-9-20(14)25-15(2)22(24)23-19-13-12-17-11-10-16-7-5-8-18(19)21(16)17/h3-9,12-13,15H,10-11H2,1-2H3,(H,23,24)/t15-/m1/s1. The molecule has 1 N–H and O–H groups in total. The van der Waals surface area contributed by atoms with E-state index in [0.717, 1.165) is 35.2 Å². The number of hydrogen-bond acceptors (Lipinski definition) is 2. The van der Waals surface area contributed by atoms with Crippen LogP contribution in [0.5, 0.6) is 5.75 Å². The second kappa shape index (κ2) is 6.25. The van der Waals surface area contributed by atoms with E-state index in [0.29, 0.717) is 0 Å². The first-order chi connectivity index (χ1) is 12.1. The van der Waals surface area contributed by atoms with Crippen LogP contribution in [-0.2, 0) is 17.6 Å². The minimum atomic E-state index is -0.566. The molecular formula is C22H21NO2. The fraction of sp³-hybridized carbons (Fsp3) is 0.227. The Morgan fingerprint density at radius 3 is 2.56 bits per heavy atom. The predicted molar refractivity (Wildman–Crippen MR) is 101 cm³/mol. The average molecular weight is 331 g/mol. The Hall–Kier alpha value is -2.81. The van der Waals surface area contributed by atoms with Crippen LogP contribution in [0, 0.1) is 6.92 Å². The summed E-state index contributed by atoms with van der Waals surface area (Å²) < 4.78 is 5.84. The number of rotatable bonds is 4. The number of ether oxygens (including phenoxy) is 1. The number of para-hydroxylation sites is 1. The van der Waals surface area contributed by atoms with E-state index in [1.807, 2.05) is 37.3 Å². The Kier molecular flexibility index (Phi) is 3.92. The summed E-state index contributed by atoms with van der Waals surface area (Å²) in [6.45, 7) is 3.76. The number of amides is 1. The molecule has 0 unspecified atom stereocenters. The van der Waals surface area contributed by atoms with Gasteiger partial charge in [-0.25, -0.2) is 0 Å². The van der Waals surface area contributed by atoms with Crippen LogP contribution < -0.4 is 10.1 Å². The molecule has 3 heteroatoms. The molecule has 0 fully saturated rings. The lowest BCUT2D eigenvalue weighted by atomic mass is 10.0. The third-order valence-corrected chi connectivity index (χ3v) is 4.90. The van der Waals surface area contributed by atoms with Crippen LogP contribution in [0.3, 0.4) is 0 Å². The molecule has 1 amide bonds. The van der Waals surface area contributed by atoms with E-state index in [-0.39, 0.29) is 5.91 Å². The summed E-state index contributed by atoms with van der Waals surface area (Å²) in [4.78, 5) is 12.6. The minimum absolute atomic E-state index is 0.137. The van der Waals surface area contributed by atoms with Crippen molar-refractivity contribution in [1.29, 1.82) is 0 Å². The maximum absolute atomic E-state index is 12.6. The molecule has 4 rings (SSSR count). The van der Waals surface area contributed by atoms with E-state index in [1.54, 1.807) is 6.92 Å². The molecule has 0 bridgehead atoms. The molecule has 3 aromatic rings. The van der Waals surface area contributed by atoms with Gasteiger partial charge in [0.05, 0.1) is 0 Å². The maximum Gasteiger partial charge on any atom is 0.265 e. The van der Waals surface area contributed by atoms with Gasteiger partial charge >= 0.3 is 0 Å². The van der Waals surface area contributed by atoms with Crippen molar-refractivity contribution in [1.82, 2.24) is 0 Å². The fourth-order valence-corrected chi connectivity index (χ4v) is 3.52. The molecule has 1 aliphatic carbocycles. The van der Waals surface area contributed by atoms with Gasteiger partial charge in [0.2, 0.25) is 0 Å². The van der Waals surface area contributed by atoms with Crippen LogP contribution in [0.15, 0.2) is 54.6 Å². The largest absolute Gasteiger partial charge is 0.481 e. The van der Waals surface area contributed by atoms with E-state index < -0.39 is 6.10 Å². The fourth-order valence-electron chi connectivity index (χ4n) is 3.52. The Morgan fingerprint density at radius 1 is 1.00 bits per heavy atom. The van der Waals surface area contributed by atoms with Crippen molar-refractivity contribution in [3.63, 3.8) is 0 Å². The molecule has 0 saturated carbocycles. The minimum Gasteiger partial charge on any atom is -0.481 e. The summed E-state index contributed by atoms with van der Waals surface area (Å²) in [7, 11) is 0. The van der Waals surface area contributed by atoms with Gasteiger partial charge in [-0.1, -0.05) is 42.5 Å². The highest BCUT2D eigenvalue weighted by Crippen LogP contribution is 2.35. The highest BCUT2D eigenvalue weighted by molar-refractivity contribution is 6.06. The summed E-state index contributed by atoms with van der Waals surface area (Å²) >= 11 is 0. The second-order valence-corrected chi connectivity index (χ2v) is 6.63. The van der Waals surface area contributed by atoms with Crippen molar-refractivity contribution in [2.75, 3.05) is 5.32 Å². The molecule has 0 radical (unpaired) electrons. The number of benzene rings is 3. The lowest BCUT2D eigenvalue weighted by Gasteiger charge is -2.17. The van der Waals surface area contributed by atoms with Gasteiger partial charge < -0.3 is 10.1 Å². The topological polar surface area (TPSA) is 38.3 Å². The molecule has 0 heterocycles. The Labute approximate surface area is 147 Å². The predicted octanol–water partition coefficient (Wildman–Crippen LogP) is 4.65. The SMILES string of the molecule is Cc1ccccc1O[C@H](C)C(=O)Nc1ccc2c3c(cccc13)CC2.